The third-order valence-electron chi connectivity index (χ3n) is 4.91. The first-order valence-electron chi connectivity index (χ1n) is 9.23. The molecule has 0 unspecified atom stereocenters. The van der Waals surface area contributed by atoms with Crippen molar-refractivity contribution < 1.29 is 27.4 Å². The Kier molecular flexibility index (Phi) is 5.03. The lowest BCUT2D eigenvalue weighted by Gasteiger charge is -2.18. The zero-order chi connectivity index (χ0) is 22.3. The van der Waals surface area contributed by atoms with Gasteiger partial charge in [-0.05, 0) is 25.1 Å². The molecular formula is C20H18F3N5O3. The normalized spacial score (nSPS) is 15.9. The number of carbonyl (C=O) groups is 1. The highest BCUT2D eigenvalue weighted by atomic mass is 19.4. The zero-order valence-electron chi connectivity index (χ0n) is 16.8. The molecule has 162 valence electrons. The first kappa shape index (κ1) is 20.6. The van der Waals surface area contributed by atoms with E-state index in [-0.39, 0.29) is 11.7 Å². The minimum atomic E-state index is -4.38. The maximum Gasteiger partial charge on any atom is 0.406 e. The molecule has 8 nitrogen and oxygen atoms in total. The van der Waals surface area contributed by atoms with Gasteiger partial charge in [-0.25, -0.2) is 15.0 Å². The number of fused-ring (bicyclic) bond motifs is 1. The first-order valence-corrected chi connectivity index (χ1v) is 9.23. The van der Waals surface area contributed by atoms with Crippen LogP contribution in [-0.4, -0.2) is 45.8 Å². The predicted molar refractivity (Wildman–Crippen MR) is 104 cm³/mol. The Morgan fingerprint density at radius 3 is 2.61 bits per heavy atom. The van der Waals surface area contributed by atoms with Gasteiger partial charge in [0.05, 0.1) is 43.5 Å². The lowest BCUT2D eigenvalue weighted by atomic mass is 10.1. The van der Waals surface area contributed by atoms with Gasteiger partial charge in [-0.15, -0.1) is 0 Å². The number of methoxy groups -OCH3 is 2. The maximum atomic E-state index is 12.9. The number of carbonyl (C=O) groups excluding carboxylic acids is 1. The lowest BCUT2D eigenvalue weighted by Crippen LogP contribution is -2.26. The molecule has 4 rings (SSSR count). The van der Waals surface area contributed by atoms with Gasteiger partial charge < -0.3 is 14.0 Å². The van der Waals surface area contributed by atoms with Crippen LogP contribution in [-0.2, 0) is 6.54 Å². The number of nitrogens with zero attached hydrogens (tertiary/aromatic N) is 5. The molecule has 11 heteroatoms. The Labute approximate surface area is 175 Å². The Bertz CT molecular complexity index is 1150. The fraction of sp³-hybridized carbons (Fsp3) is 0.300. The van der Waals surface area contributed by atoms with Gasteiger partial charge in [0.25, 0.3) is 11.8 Å². The van der Waals surface area contributed by atoms with E-state index in [1.165, 1.54) is 25.3 Å². The standard InChI is InChI=1S/C20H18F3N5O3/c1-11-17-13(19(29)28(11)16-8-27(10-25-16)9-20(21,22)23)4-5-14(26-17)12-6-15(30-2)18(31-3)24-7-12/h4-8,10-11H,9H2,1-3H3/t11-/m1/s1. The molecule has 1 atom stereocenters. The number of hydrogen-bond acceptors (Lipinski definition) is 6. The van der Waals surface area contributed by atoms with Gasteiger partial charge in [0, 0.05) is 18.0 Å². The van der Waals surface area contributed by atoms with E-state index in [2.05, 4.69) is 15.0 Å². The van der Waals surface area contributed by atoms with Gasteiger partial charge in [0.15, 0.2) is 11.6 Å². The number of alkyl halides is 3. The molecule has 0 aromatic carbocycles. The summed E-state index contributed by atoms with van der Waals surface area (Å²) in [5.41, 5.74) is 2.10. The van der Waals surface area contributed by atoms with E-state index in [9.17, 15) is 18.0 Å². The summed E-state index contributed by atoms with van der Waals surface area (Å²) in [4.78, 5) is 27.0. The van der Waals surface area contributed by atoms with Crippen LogP contribution in [0.1, 0.15) is 29.0 Å². The van der Waals surface area contributed by atoms with Crippen LogP contribution in [0.3, 0.4) is 0 Å². The summed E-state index contributed by atoms with van der Waals surface area (Å²) in [7, 11) is 2.98. The fourth-order valence-electron chi connectivity index (χ4n) is 3.50. The molecule has 3 aromatic rings. The summed E-state index contributed by atoms with van der Waals surface area (Å²) in [5.74, 6) is 0.526. The Hall–Kier alpha value is -3.63. The zero-order valence-corrected chi connectivity index (χ0v) is 16.8. The number of ether oxygens (including phenoxy) is 2. The molecule has 0 bridgehead atoms. The monoisotopic (exact) mass is 433 g/mol. The summed E-state index contributed by atoms with van der Waals surface area (Å²) in [5, 5.41) is 0. The number of rotatable bonds is 5. The predicted octanol–water partition coefficient (Wildman–Crippen LogP) is 3.64. The summed E-state index contributed by atoms with van der Waals surface area (Å²) in [6, 6.07) is 4.53. The van der Waals surface area contributed by atoms with E-state index < -0.39 is 18.8 Å². The van der Waals surface area contributed by atoms with E-state index in [0.717, 1.165) is 10.9 Å². The summed E-state index contributed by atoms with van der Waals surface area (Å²) in [6.07, 6.45) is -0.549. The van der Waals surface area contributed by atoms with Gasteiger partial charge in [-0.2, -0.15) is 13.2 Å². The molecule has 0 spiro atoms. The van der Waals surface area contributed by atoms with Crippen LogP contribution in [0.15, 0.2) is 36.9 Å². The Balaban J connectivity index is 1.66. The number of amides is 1. The highest BCUT2D eigenvalue weighted by Gasteiger charge is 2.38. The average molecular weight is 433 g/mol. The molecule has 1 aliphatic rings. The van der Waals surface area contributed by atoms with Crippen molar-refractivity contribution in [1.29, 1.82) is 0 Å². The van der Waals surface area contributed by atoms with Crippen LogP contribution < -0.4 is 14.4 Å². The van der Waals surface area contributed by atoms with Crippen molar-refractivity contribution in [2.75, 3.05) is 19.1 Å². The quantitative estimate of drug-likeness (QED) is 0.611. The van der Waals surface area contributed by atoms with Crippen molar-refractivity contribution in [3.63, 3.8) is 0 Å². The van der Waals surface area contributed by atoms with E-state index in [4.69, 9.17) is 9.47 Å². The molecule has 1 amide bonds. The maximum absolute atomic E-state index is 12.9. The van der Waals surface area contributed by atoms with Crippen LogP contribution in [0.4, 0.5) is 19.0 Å². The van der Waals surface area contributed by atoms with Crippen molar-refractivity contribution in [2.24, 2.45) is 0 Å². The smallest absolute Gasteiger partial charge is 0.406 e. The first-order chi connectivity index (χ1) is 14.7. The molecule has 0 saturated carbocycles. The van der Waals surface area contributed by atoms with Crippen molar-refractivity contribution >= 4 is 11.7 Å². The van der Waals surface area contributed by atoms with Gasteiger partial charge in [-0.1, -0.05) is 0 Å². The van der Waals surface area contributed by atoms with Crippen molar-refractivity contribution in [3.05, 3.63) is 48.2 Å². The lowest BCUT2D eigenvalue weighted by molar-refractivity contribution is -0.140. The number of pyridine rings is 2. The molecule has 3 aromatic heterocycles. The van der Waals surface area contributed by atoms with E-state index in [0.29, 0.717) is 34.1 Å². The van der Waals surface area contributed by atoms with E-state index >= 15 is 0 Å². The number of halogens is 3. The van der Waals surface area contributed by atoms with Gasteiger partial charge >= 0.3 is 6.18 Å². The van der Waals surface area contributed by atoms with Gasteiger partial charge in [0.2, 0.25) is 0 Å². The molecule has 31 heavy (non-hydrogen) atoms. The minimum Gasteiger partial charge on any atom is -0.491 e. The number of aromatic nitrogens is 4. The molecule has 0 aliphatic carbocycles. The van der Waals surface area contributed by atoms with Crippen molar-refractivity contribution in [2.45, 2.75) is 25.7 Å². The van der Waals surface area contributed by atoms with Crippen molar-refractivity contribution in [3.8, 4) is 22.9 Å². The third-order valence-corrected chi connectivity index (χ3v) is 4.91. The minimum absolute atomic E-state index is 0.133. The highest BCUT2D eigenvalue weighted by molar-refractivity contribution is 6.10. The van der Waals surface area contributed by atoms with Crippen LogP contribution in [0.5, 0.6) is 11.6 Å². The molecule has 4 heterocycles. The average Bonchev–Trinajstić information content (AvgIpc) is 3.27. The molecule has 0 radical (unpaired) electrons. The molecule has 1 aliphatic heterocycles. The second-order valence-corrected chi connectivity index (χ2v) is 6.94. The number of imidazole rings is 1. The SMILES string of the molecule is COc1cc(-c2ccc3c(n2)[C@@H](C)N(c2cn(CC(F)(F)F)cn2)C3=O)cnc1OC. The van der Waals surface area contributed by atoms with Gasteiger partial charge in [0.1, 0.15) is 6.54 Å². The second-order valence-electron chi connectivity index (χ2n) is 6.94. The fourth-order valence-corrected chi connectivity index (χ4v) is 3.50. The van der Waals surface area contributed by atoms with Crippen LogP contribution in [0.25, 0.3) is 11.3 Å². The van der Waals surface area contributed by atoms with Crippen molar-refractivity contribution in [1.82, 2.24) is 19.5 Å². The largest absolute Gasteiger partial charge is 0.491 e. The number of anilines is 1. The molecule has 0 N–H and O–H groups in total. The van der Waals surface area contributed by atoms with E-state index in [1.54, 1.807) is 31.3 Å². The second kappa shape index (κ2) is 7.56. The number of hydrogen-bond donors (Lipinski definition) is 0. The topological polar surface area (TPSA) is 82.4 Å². The summed E-state index contributed by atoms with van der Waals surface area (Å²) < 4.78 is 49.2. The summed E-state index contributed by atoms with van der Waals surface area (Å²) >= 11 is 0. The van der Waals surface area contributed by atoms with Gasteiger partial charge in [-0.3, -0.25) is 9.69 Å². The third kappa shape index (κ3) is 3.78. The highest BCUT2D eigenvalue weighted by Crippen LogP contribution is 2.37. The molecule has 0 saturated heterocycles. The molecule has 0 fully saturated rings. The summed E-state index contributed by atoms with van der Waals surface area (Å²) in [6.45, 7) is 0.564. The van der Waals surface area contributed by atoms with Crippen LogP contribution >= 0.6 is 0 Å². The van der Waals surface area contributed by atoms with Crippen LogP contribution in [0.2, 0.25) is 0 Å². The molecular weight excluding hydrogens is 415 g/mol. The van der Waals surface area contributed by atoms with E-state index in [1.807, 2.05) is 0 Å². The Morgan fingerprint density at radius 2 is 1.94 bits per heavy atom. The Morgan fingerprint density at radius 1 is 1.16 bits per heavy atom. The van der Waals surface area contributed by atoms with Crippen LogP contribution in [0, 0.1) is 0 Å².